The third kappa shape index (κ3) is 2.82. The van der Waals surface area contributed by atoms with Crippen LogP contribution in [-0.4, -0.2) is 49.8 Å². The van der Waals surface area contributed by atoms with Gasteiger partial charge in [0.05, 0.1) is 4.90 Å². The molecule has 5 heteroatoms. The second-order valence-corrected chi connectivity index (χ2v) is 8.76. The molecule has 0 amide bonds. The SMILES string of the molecule is CC1CN(S(=O)(=O)c2ccc3c(c2)CCCC3)CC(C)N1C. The lowest BCUT2D eigenvalue weighted by atomic mass is 9.92. The van der Waals surface area contributed by atoms with Gasteiger partial charge in [-0.25, -0.2) is 8.42 Å². The van der Waals surface area contributed by atoms with E-state index in [1.54, 1.807) is 10.4 Å². The maximum Gasteiger partial charge on any atom is 0.243 e. The summed E-state index contributed by atoms with van der Waals surface area (Å²) in [5.74, 6) is 0. The van der Waals surface area contributed by atoms with Crippen molar-refractivity contribution in [1.82, 2.24) is 9.21 Å². The van der Waals surface area contributed by atoms with Crippen molar-refractivity contribution >= 4 is 10.0 Å². The normalized spacial score (nSPS) is 27.6. The zero-order valence-electron chi connectivity index (χ0n) is 13.7. The van der Waals surface area contributed by atoms with Gasteiger partial charge >= 0.3 is 0 Å². The molecule has 1 aliphatic carbocycles. The van der Waals surface area contributed by atoms with Crippen molar-refractivity contribution in [2.24, 2.45) is 0 Å². The fraction of sp³-hybridized carbons (Fsp3) is 0.647. The van der Waals surface area contributed by atoms with Crippen LogP contribution >= 0.6 is 0 Å². The van der Waals surface area contributed by atoms with Gasteiger partial charge in [0.25, 0.3) is 0 Å². The highest BCUT2D eigenvalue weighted by molar-refractivity contribution is 7.89. The Morgan fingerprint density at radius 1 is 1.00 bits per heavy atom. The van der Waals surface area contributed by atoms with E-state index in [0.717, 1.165) is 12.8 Å². The minimum Gasteiger partial charge on any atom is -0.298 e. The summed E-state index contributed by atoms with van der Waals surface area (Å²) in [6.07, 6.45) is 4.47. The zero-order valence-corrected chi connectivity index (χ0v) is 14.6. The molecule has 1 heterocycles. The number of hydrogen-bond donors (Lipinski definition) is 0. The van der Waals surface area contributed by atoms with Gasteiger partial charge in [0.1, 0.15) is 0 Å². The van der Waals surface area contributed by atoms with Gasteiger partial charge in [0.2, 0.25) is 10.0 Å². The van der Waals surface area contributed by atoms with E-state index in [1.165, 1.54) is 24.0 Å². The van der Waals surface area contributed by atoms with Gasteiger partial charge < -0.3 is 0 Å². The average molecular weight is 322 g/mol. The fourth-order valence-electron chi connectivity index (χ4n) is 3.57. The number of rotatable bonds is 2. The molecular weight excluding hydrogens is 296 g/mol. The van der Waals surface area contributed by atoms with E-state index >= 15 is 0 Å². The molecule has 2 aliphatic rings. The molecule has 0 bridgehead atoms. The monoisotopic (exact) mass is 322 g/mol. The van der Waals surface area contributed by atoms with E-state index in [-0.39, 0.29) is 12.1 Å². The number of nitrogens with zero attached hydrogens (tertiary/aromatic N) is 2. The minimum atomic E-state index is -3.38. The molecule has 3 rings (SSSR count). The molecular formula is C17H26N2O2S. The van der Waals surface area contributed by atoms with Crippen molar-refractivity contribution in [2.75, 3.05) is 20.1 Å². The van der Waals surface area contributed by atoms with Gasteiger partial charge in [0.15, 0.2) is 0 Å². The quantitative estimate of drug-likeness (QED) is 0.839. The van der Waals surface area contributed by atoms with Crippen LogP contribution in [-0.2, 0) is 22.9 Å². The summed E-state index contributed by atoms with van der Waals surface area (Å²) in [5.41, 5.74) is 2.55. The van der Waals surface area contributed by atoms with Gasteiger partial charge in [-0.1, -0.05) is 6.07 Å². The summed E-state index contributed by atoms with van der Waals surface area (Å²) in [4.78, 5) is 2.72. The summed E-state index contributed by atoms with van der Waals surface area (Å²) in [5, 5.41) is 0. The van der Waals surface area contributed by atoms with Crippen LogP contribution in [0.15, 0.2) is 23.1 Å². The van der Waals surface area contributed by atoms with E-state index in [2.05, 4.69) is 25.8 Å². The van der Waals surface area contributed by atoms with Crippen molar-refractivity contribution < 1.29 is 8.42 Å². The molecule has 1 aliphatic heterocycles. The first-order valence-corrected chi connectivity index (χ1v) is 9.67. The molecule has 2 atom stereocenters. The highest BCUT2D eigenvalue weighted by Crippen LogP contribution is 2.27. The Kier molecular flexibility index (Phi) is 4.32. The third-order valence-corrected chi connectivity index (χ3v) is 7.11. The second-order valence-electron chi connectivity index (χ2n) is 6.82. The molecule has 1 fully saturated rings. The van der Waals surface area contributed by atoms with Crippen LogP contribution in [0.3, 0.4) is 0 Å². The van der Waals surface area contributed by atoms with Crippen molar-refractivity contribution in [1.29, 1.82) is 0 Å². The predicted octanol–water partition coefficient (Wildman–Crippen LogP) is 2.28. The van der Waals surface area contributed by atoms with Crippen LogP contribution in [0.25, 0.3) is 0 Å². The lowest BCUT2D eigenvalue weighted by molar-refractivity contribution is 0.105. The maximum atomic E-state index is 13.0. The molecule has 1 aromatic carbocycles. The van der Waals surface area contributed by atoms with E-state index in [0.29, 0.717) is 18.0 Å². The molecule has 4 nitrogen and oxygen atoms in total. The largest absolute Gasteiger partial charge is 0.298 e. The first kappa shape index (κ1) is 16.0. The summed E-state index contributed by atoms with van der Waals surface area (Å²) < 4.78 is 27.6. The molecule has 22 heavy (non-hydrogen) atoms. The zero-order chi connectivity index (χ0) is 15.9. The molecule has 122 valence electrons. The predicted molar refractivity (Wildman–Crippen MR) is 88.5 cm³/mol. The number of likely N-dealkylation sites (N-methyl/N-ethyl adjacent to an activating group) is 1. The van der Waals surface area contributed by atoms with Crippen LogP contribution in [0.1, 0.15) is 37.8 Å². The lowest BCUT2D eigenvalue weighted by Gasteiger charge is -2.41. The Hall–Kier alpha value is -0.910. The summed E-state index contributed by atoms with van der Waals surface area (Å²) in [6.45, 7) is 5.32. The molecule has 0 spiro atoms. The maximum absolute atomic E-state index is 13.0. The smallest absolute Gasteiger partial charge is 0.243 e. The van der Waals surface area contributed by atoms with Gasteiger partial charge in [-0.05, 0) is 69.8 Å². The molecule has 0 radical (unpaired) electrons. The highest BCUT2D eigenvalue weighted by atomic mass is 32.2. The lowest BCUT2D eigenvalue weighted by Crippen LogP contribution is -2.56. The summed E-state index contributed by atoms with van der Waals surface area (Å²) in [7, 11) is -1.31. The van der Waals surface area contributed by atoms with E-state index in [9.17, 15) is 8.42 Å². The van der Waals surface area contributed by atoms with Crippen molar-refractivity contribution in [3.05, 3.63) is 29.3 Å². The van der Waals surface area contributed by atoms with Crippen molar-refractivity contribution in [3.8, 4) is 0 Å². The Morgan fingerprint density at radius 2 is 1.59 bits per heavy atom. The van der Waals surface area contributed by atoms with Gasteiger partial charge in [0, 0.05) is 25.2 Å². The molecule has 0 aromatic heterocycles. The number of aryl methyl sites for hydroxylation is 2. The topological polar surface area (TPSA) is 40.6 Å². The minimum absolute atomic E-state index is 0.246. The standard InChI is InChI=1S/C17H26N2O2S/c1-13-11-19(12-14(2)18(13)3)22(20,21)17-9-8-15-6-4-5-7-16(15)10-17/h8-10,13-14H,4-7,11-12H2,1-3H3. The number of piperazine rings is 1. The van der Waals surface area contributed by atoms with Gasteiger partial charge in [-0.2, -0.15) is 4.31 Å². The molecule has 1 saturated heterocycles. The third-order valence-electron chi connectivity index (χ3n) is 5.28. The first-order chi connectivity index (χ1) is 10.4. The average Bonchev–Trinajstić information content (AvgIpc) is 2.51. The van der Waals surface area contributed by atoms with Crippen molar-refractivity contribution in [3.63, 3.8) is 0 Å². The molecule has 0 saturated carbocycles. The Bertz CT molecular complexity index is 645. The molecule has 2 unspecified atom stereocenters. The van der Waals surface area contributed by atoms with Gasteiger partial charge in [-0.15, -0.1) is 0 Å². The van der Waals surface area contributed by atoms with E-state index in [4.69, 9.17) is 0 Å². The number of benzene rings is 1. The molecule has 1 aromatic rings. The Morgan fingerprint density at radius 3 is 2.23 bits per heavy atom. The van der Waals surface area contributed by atoms with Crippen LogP contribution in [0.4, 0.5) is 0 Å². The fourth-order valence-corrected chi connectivity index (χ4v) is 5.22. The van der Waals surface area contributed by atoms with Crippen LogP contribution in [0, 0.1) is 0 Å². The summed E-state index contributed by atoms with van der Waals surface area (Å²) >= 11 is 0. The highest BCUT2D eigenvalue weighted by Gasteiger charge is 2.34. The Balaban J connectivity index is 1.90. The van der Waals surface area contributed by atoms with E-state index in [1.807, 2.05) is 12.1 Å². The van der Waals surface area contributed by atoms with Crippen LogP contribution in [0.2, 0.25) is 0 Å². The molecule has 0 N–H and O–H groups in total. The summed E-state index contributed by atoms with van der Waals surface area (Å²) in [6, 6.07) is 6.22. The van der Waals surface area contributed by atoms with Gasteiger partial charge in [-0.3, -0.25) is 4.90 Å². The number of hydrogen-bond acceptors (Lipinski definition) is 3. The Labute approximate surface area is 134 Å². The first-order valence-electron chi connectivity index (χ1n) is 8.23. The van der Waals surface area contributed by atoms with Crippen LogP contribution < -0.4 is 0 Å². The number of fused-ring (bicyclic) bond motifs is 1. The van der Waals surface area contributed by atoms with Crippen molar-refractivity contribution in [2.45, 2.75) is 56.5 Å². The van der Waals surface area contributed by atoms with Crippen LogP contribution in [0.5, 0.6) is 0 Å². The second kappa shape index (κ2) is 5.95. The number of sulfonamides is 1. The van der Waals surface area contributed by atoms with E-state index < -0.39 is 10.0 Å².